The third kappa shape index (κ3) is 5.57. The van der Waals surface area contributed by atoms with E-state index < -0.39 is 5.54 Å². The van der Waals surface area contributed by atoms with Gasteiger partial charge < -0.3 is 24.8 Å². The molecule has 152 valence electrons. The van der Waals surface area contributed by atoms with Crippen molar-refractivity contribution in [2.24, 2.45) is 0 Å². The van der Waals surface area contributed by atoms with E-state index >= 15 is 0 Å². The van der Waals surface area contributed by atoms with Crippen LogP contribution in [0.15, 0.2) is 18.2 Å². The Hall–Kier alpha value is -1.83. The summed E-state index contributed by atoms with van der Waals surface area (Å²) in [4.78, 5) is 16.8. The van der Waals surface area contributed by atoms with Gasteiger partial charge in [0.2, 0.25) is 5.91 Å². The Kier molecular flexibility index (Phi) is 7.89. The fourth-order valence-electron chi connectivity index (χ4n) is 3.38. The van der Waals surface area contributed by atoms with Gasteiger partial charge in [0.15, 0.2) is 11.5 Å². The molecule has 1 heterocycles. The minimum absolute atomic E-state index is 0.0235. The molecule has 27 heavy (non-hydrogen) atoms. The minimum Gasteiger partial charge on any atom is -0.493 e. The molecule has 1 atom stereocenters. The number of hydrogen-bond donors (Lipinski definition) is 2. The van der Waals surface area contributed by atoms with E-state index in [9.17, 15) is 4.79 Å². The molecule has 1 saturated heterocycles. The second-order valence-electron chi connectivity index (χ2n) is 7.42. The molecule has 1 fully saturated rings. The van der Waals surface area contributed by atoms with Crippen molar-refractivity contribution >= 4 is 5.91 Å². The highest BCUT2D eigenvalue weighted by atomic mass is 16.5. The van der Waals surface area contributed by atoms with E-state index in [-0.39, 0.29) is 19.1 Å². The number of aliphatic hydroxyl groups excluding tert-OH is 1. The first kappa shape index (κ1) is 21.5. The molecular weight excluding hydrogens is 346 g/mol. The summed E-state index contributed by atoms with van der Waals surface area (Å²) < 4.78 is 11.3. The van der Waals surface area contributed by atoms with E-state index in [2.05, 4.69) is 15.1 Å². The molecule has 0 unspecified atom stereocenters. The predicted molar refractivity (Wildman–Crippen MR) is 105 cm³/mol. The molecule has 1 aromatic rings. The molecule has 1 aliphatic heterocycles. The van der Waals surface area contributed by atoms with Crippen LogP contribution in [0, 0.1) is 0 Å². The standard InChI is InChI=1S/C20H33N3O4/c1-20(19(25)21-9-12-24)8-5-10-23(20)15-16-6-7-17(18(14-16)26-4)27-13-11-22(2)3/h6-7,14,24H,5,8-13,15H2,1-4H3,(H,21,25)/t20-/m0/s1. The van der Waals surface area contributed by atoms with Gasteiger partial charge in [0, 0.05) is 19.6 Å². The first-order valence-corrected chi connectivity index (χ1v) is 9.49. The molecule has 1 aromatic carbocycles. The van der Waals surface area contributed by atoms with Gasteiger partial charge in [-0.1, -0.05) is 6.07 Å². The molecule has 2 N–H and O–H groups in total. The zero-order valence-corrected chi connectivity index (χ0v) is 17.0. The summed E-state index contributed by atoms with van der Waals surface area (Å²) in [7, 11) is 5.65. The van der Waals surface area contributed by atoms with Gasteiger partial charge in [-0.15, -0.1) is 0 Å². The summed E-state index contributed by atoms with van der Waals surface area (Å²) in [5.74, 6) is 1.41. The molecule has 2 rings (SSSR count). The normalized spacial score (nSPS) is 20.1. The molecule has 0 bridgehead atoms. The highest BCUT2D eigenvalue weighted by Gasteiger charge is 2.42. The number of nitrogens with one attached hydrogen (secondary N) is 1. The van der Waals surface area contributed by atoms with Crippen molar-refractivity contribution in [3.63, 3.8) is 0 Å². The van der Waals surface area contributed by atoms with E-state index in [4.69, 9.17) is 14.6 Å². The van der Waals surface area contributed by atoms with Crippen LogP contribution in [0.5, 0.6) is 11.5 Å². The van der Waals surface area contributed by atoms with Gasteiger partial charge in [0.1, 0.15) is 6.61 Å². The molecule has 1 aliphatic rings. The van der Waals surface area contributed by atoms with Crippen molar-refractivity contribution in [2.45, 2.75) is 31.8 Å². The Balaban J connectivity index is 2.06. The van der Waals surface area contributed by atoms with Crippen molar-refractivity contribution in [3.8, 4) is 11.5 Å². The lowest BCUT2D eigenvalue weighted by Crippen LogP contribution is -2.53. The maximum atomic E-state index is 12.6. The number of methoxy groups -OCH3 is 1. The summed E-state index contributed by atoms with van der Waals surface area (Å²) in [6.07, 6.45) is 1.79. The molecule has 0 aliphatic carbocycles. The first-order chi connectivity index (χ1) is 12.9. The summed E-state index contributed by atoms with van der Waals surface area (Å²) in [6, 6.07) is 5.94. The average Bonchev–Trinajstić information content (AvgIpc) is 3.02. The number of likely N-dealkylation sites (N-methyl/N-ethyl adjacent to an activating group) is 1. The van der Waals surface area contributed by atoms with Crippen molar-refractivity contribution < 1.29 is 19.4 Å². The topological polar surface area (TPSA) is 74.3 Å². The Labute approximate surface area is 162 Å². The quantitative estimate of drug-likeness (QED) is 0.634. The zero-order chi connectivity index (χ0) is 19.9. The maximum absolute atomic E-state index is 12.6. The smallest absolute Gasteiger partial charge is 0.240 e. The van der Waals surface area contributed by atoms with Crippen LogP contribution in [0.1, 0.15) is 25.3 Å². The van der Waals surface area contributed by atoms with Crippen LogP contribution in [0.4, 0.5) is 0 Å². The van der Waals surface area contributed by atoms with Gasteiger partial charge in [0.25, 0.3) is 0 Å². The average molecular weight is 380 g/mol. The van der Waals surface area contributed by atoms with Crippen LogP contribution in [-0.2, 0) is 11.3 Å². The Morgan fingerprint density at radius 1 is 1.37 bits per heavy atom. The molecule has 0 radical (unpaired) electrons. The molecule has 1 amide bonds. The van der Waals surface area contributed by atoms with Gasteiger partial charge in [-0.05, 0) is 58.1 Å². The lowest BCUT2D eigenvalue weighted by molar-refractivity contribution is -0.131. The van der Waals surface area contributed by atoms with E-state index in [0.717, 1.165) is 37.2 Å². The number of carbonyl (C=O) groups is 1. The summed E-state index contributed by atoms with van der Waals surface area (Å²) in [5.41, 5.74) is 0.526. The SMILES string of the molecule is COc1cc(CN2CCC[C@@]2(C)C(=O)NCCO)ccc1OCCN(C)C. The minimum atomic E-state index is -0.552. The molecule has 0 aromatic heterocycles. The Bertz CT molecular complexity index is 623. The van der Waals surface area contributed by atoms with Crippen LogP contribution >= 0.6 is 0 Å². The Morgan fingerprint density at radius 3 is 2.81 bits per heavy atom. The number of amides is 1. The van der Waals surface area contributed by atoms with E-state index in [1.54, 1.807) is 7.11 Å². The van der Waals surface area contributed by atoms with Crippen molar-refractivity contribution in [3.05, 3.63) is 23.8 Å². The molecule has 7 heteroatoms. The Morgan fingerprint density at radius 2 is 2.15 bits per heavy atom. The number of ether oxygens (including phenoxy) is 2. The van der Waals surface area contributed by atoms with Crippen molar-refractivity contribution in [2.75, 3.05) is 54.1 Å². The van der Waals surface area contributed by atoms with E-state index in [0.29, 0.717) is 18.9 Å². The van der Waals surface area contributed by atoms with Crippen LogP contribution in [0.25, 0.3) is 0 Å². The lowest BCUT2D eigenvalue weighted by atomic mass is 9.97. The third-order valence-electron chi connectivity index (χ3n) is 5.07. The van der Waals surface area contributed by atoms with Crippen LogP contribution in [0.2, 0.25) is 0 Å². The van der Waals surface area contributed by atoms with Gasteiger partial charge in [-0.2, -0.15) is 0 Å². The van der Waals surface area contributed by atoms with Gasteiger partial charge in [0.05, 0.1) is 19.3 Å². The number of hydrogen-bond acceptors (Lipinski definition) is 6. The van der Waals surface area contributed by atoms with Gasteiger partial charge in [-0.3, -0.25) is 9.69 Å². The molecule has 0 spiro atoms. The summed E-state index contributed by atoms with van der Waals surface area (Å²) in [5, 5.41) is 11.8. The van der Waals surface area contributed by atoms with E-state index in [1.165, 1.54) is 0 Å². The number of likely N-dealkylation sites (tertiary alicyclic amines) is 1. The molecular formula is C20H33N3O4. The highest BCUT2D eigenvalue weighted by molar-refractivity contribution is 5.86. The number of benzene rings is 1. The molecule has 0 saturated carbocycles. The number of rotatable bonds is 10. The lowest BCUT2D eigenvalue weighted by Gasteiger charge is -2.34. The fourth-order valence-corrected chi connectivity index (χ4v) is 3.38. The predicted octanol–water partition coefficient (Wildman–Crippen LogP) is 1.10. The summed E-state index contributed by atoms with van der Waals surface area (Å²) >= 11 is 0. The highest BCUT2D eigenvalue weighted by Crippen LogP contribution is 2.33. The first-order valence-electron chi connectivity index (χ1n) is 9.49. The third-order valence-corrected chi connectivity index (χ3v) is 5.07. The molecule has 7 nitrogen and oxygen atoms in total. The number of nitrogens with zero attached hydrogens (tertiary/aromatic N) is 2. The van der Waals surface area contributed by atoms with Gasteiger partial charge >= 0.3 is 0 Å². The second kappa shape index (κ2) is 9.92. The number of carbonyl (C=O) groups excluding carboxylic acids is 1. The van der Waals surface area contributed by atoms with E-state index in [1.807, 2.05) is 39.2 Å². The van der Waals surface area contributed by atoms with Crippen LogP contribution < -0.4 is 14.8 Å². The van der Waals surface area contributed by atoms with Crippen LogP contribution in [-0.4, -0.2) is 80.4 Å². The zero-order valence-electron chi connectivity index (χ0n) is 17.0. The fraction of sp³-hybridized carbons (Fsp3) is 0.650. The largest absolute Gasteiger partial charge is 0.493 e. The maximum Gasteiger partial charge on any atom is 0.240 e. The monoisotopic (exact) mass is 379 g/mol. The van der Waals surface area contributed by atoms with Crippen molar-refractivity contribution in [1.82, 2.24) is 15.1 Å². The number of aliphatic hydroxyl groups is 1. The summed E-state index contributed by atoms with van der Waals surface area (Å²) in [6.45, 7) is 5.17. The van der Waals surface area contributed by atoms with Crippen molar-refractivity contribution in [1.29, 1.82) is 0 Å². The second-order valence-corrected chi connectivity index (χ2v) is 7.42. The van der Waals surface area contributed by atoms with Gasteiger partial charge in [-0.25, -0.2) is 0 Å². The van der Waals surface area contributed by atoms with Crippen LogP contribution in [0.3, 0.4) is 0 Å².